The van der Waals surface area contributed by atoms with Crippen molar-refractivity contribution < 1.29 is 4.84 Å². The highest BCUT2D eigenvalue weighted by molar-refractivity contribution is 5.79. The van der Waals surface area contributed by atoms with Crippen LogP contribution in [-0.4, -0.2) is 6.21 Å². The van der Waals surface area contributed by atoms with Gasteiger partial charge in [0.2, 0.25) is 0 Å². The van der Waals surface area contributed by atoms with E-state index in [9.17, 15) is 0 Å². The highest BCUT2D eigenvalue weighted by Crippen LogP contribution is 2.32. The first-order chi connectivity index (χ1) is 11.9. The van der Waals surface area contributed by atoms with Gasteiger partial charge < -0.3 is 4.84 Å². The van der Waals surface area contributed by atoms with Crippen LogP contribution in [0.15, 0.2) is 60.3 Å². The minimum Gasteiger partial charge on any atom is -0.390 e. The van der Waals surface area contributed by atoms with E-state index in [-0.39, 0.29) is 0 Å². The zero-order valence-electron chi connectivity index (χ0n) is 14.1. The molecule has 2 aromatic carbocycles. The van der Waals surface area contributed by atoms with E-state index < -0.39 is 0 Å². The van der Waals surface area contributed by atoms with E-state index in [1.54, 1.807) is 0 Å². The zero-order valence-corrected chi connectivity index (χ0v) is 14.1. The maximum Gasteiger partial charge on any atom is 0.142 e. The van der Waals surface area contributed by atoms with Gasteiger partial charge in [-0.1, -0.05) is 85.6 Å². The summed E-state index contributed by atoms with van der Waals surface area (Å²) in [6.07, 6.45) is 11.5. The molecule has 24 heavy (non-hydrogen) atoms. The first-order valence-corrected chi connectivity index (χ1v) is 8.75. The van der Waals surface area contributed by atoms with E-state index in [1.165, 1.54) is 37.7 Å². The van der Waals surface area contributed by atoms with Crippen LogP contribution in [0.25, 0.3) is 6.08 Å². The summed E-state index contributed by atoms with van der Waals surface area (Å²) in [5.74, 6) is 0.733. The van der Waals surface area contributed by atoms with Crippen molar-refractivity contribution in [2.75, 3.05) is 0 Å². The molecule has 0 N–H and O–H groups in total. The first kappa shape index (κ1) is 16.5. The van der Waals surface area contributed by atoms with Crippen LogP contribution in [0.2, 0.25) is 0 Å². The lowest BCUT2D eigenvalue weighted by Crippen LogP contribution is -2.04. The summed E-state index contributed by atoms with van der Waals surface area (Å²) < 4.78 is 0. The standard InChI is InChI=1S/C22H24NO/c1-2-19-8-6-7-11-22(19)17-24-23-16-18-12-14-21(15-13-18)20-9-4-3-5-10-20/h2,6-8,11-15,20H,1,3-5,9-10,17H2. The fraction of sp³-hybridized carbons (Fsp3) is 0.318. The molecular formula is C22H24NO. The zero-order chi connectivity index (χ0) is 16.6. The molecule has 1 aliphatic rings. The molecule has 3 rings (SSSR count). The Labute approximate surface area is 144 Å². The van der Waals surface area contributed by atoms with Crippen molar-refractivity contribution in [1.82, 2.24) is 0 Å². The van der Waals surface area contributed by atoms with E-state index in [4.69, 9.17) is 4.84 Å². The summed E-state index contributed by atoms with van der Waals surface area (Å²) in [5, 5.41) is 3.97. The van der Waals surface area contributed by atoms with Crippen LogP contribution in [0.3, 0.4) is 0 Å². The van der Waals surface area contributed by atoms with Crippen LogP contribution < -0.4 is 0 Å². The Morgan fingerprint density at radius 2 is 1.79 bits per heavy atom. The quantitative estimate of drug-likeness (QED) is 0.487. The Hall–Kier alpha value is -2.35. The summed E-state index contributed by atoms with van der Waals surface area (Å²) in [4.78, 5) is 5.38. The lowest BCUT2D eigenvalue weighted by molar-refractivity contribution is 0.132. The molecular weight excluding hydrogens is 294 g/mol. The predicted molar refractivity (Wildman–Crippen MR) is 100 cm³/mol. The fourth-order valence-corrected chi connectivity index (χ4v) is 3.32. The minimum atomic E-state index is 0.426. The third-order valence-electron chi connectivity index (χ3n) is 4.72. The van der Waals surface area contributed by atoms with Crippen LogP contribution >= 0.6 is 0 Å². The predicted octanol–water partition coefficient (Wildman–Crippen LogP) is 5.81. The Bertz CT molecular complexity index is 681. The van der Waals surface area contributed by atoms with Crippen molar-refractivity contribution >= 4 is 12.3 Å². The maximum absolute atomic E-state index is 5.38. The van der Waals surface area contributed by atoms with Crippen molar-refractivity contribution in [1.29, 1.82) is 0 Å². The van der Waals surface area contributed by atoms with Crippen LogP contribution in [0, 0.1) is 0 Å². The molecule has 0 bridgehead atoms. The highest BCUT2D eigenvalue weighted by atomic mass is 16.6. The van der Waals surface area contributed by atoms with Gasteiger partial charge in [0.25, 0.3) is 0 Å². The largest absolute Gasteiger partial charge is 0.390 e. The van der Waals surface area contributed by atoms with Crippen LogP contribution in [0.4, 0.5) is 0 Å². The van der Waals surface area contributed by atoms with Gasteiger partial charge in [0, 0.05) is 5.56 Å². The molecule has 2 nitrogen and oxygen atoms in total. The fourth-order valence-electron chi connectivity index (χ4n) is 3.32. The highest BCUT2D eigenvalue weighted by Gasteiger charge is 2.14. The number of hydrogen-bond donors (Lipinski definition) is 0. The molecule has 0 aromatic heterocycles. The lowest BCUT2D eigenvalue weighted by atomic mass is 9.84. The summed E-state index contributed by atoms with van der Waals surface area (Å²) in [5.41, 5.74) is 4.54. The molecule has 1 fully saturated rings. The van der Waals surface area contributed by atoms with Gasteiger partial charge in [-0.25, -0.2) is 0 Å². The van der Waals surface area contributed by atoms with Crippen molar-refractivity contribution in [2.45, 2.75) is 44.6 Å². The number of hydrogen-bond acceptors (Lipinski definition) is 2. The molecule has 1 saturated carbocycles. The number of rotatable bonds is 6. The smallest absolute Gasteiger partial charge is 0.142 e. The average Bonchev–Trinajstić information content (AvgIpc) is 2.67. The molecule has 0 aliphatic heterocycles. The molecule has 0 unspecified atom stereocenters. The van der Waals surface area contributed by atoms with E-state index in [1.807, 2.05) is 30.3 Å². The van der Waals surface area contributed by atoms with Gasteiger partial charge in [0.15, 0.2) is 0 Å². The second-order valence-corrected chi connectivity index (χ2v) is 6.34. The number of nitrogens with zero attached hydrogens (tertiary/aromatic N) is 1. The van der Waals surface area contributed by atoms with Gasteiger partial charge >= 0.3 is 0 Å². The lowest BCUT2D eigenvalue weighted by Gasteiger charge is -2.21. The summed E-state index contributed by atoms with van der Waals surface area (Å²) in [7, 11) is 0. The van der Waals surface area contributed by atoms with Crippen molar-refractivity contribution in [2.24, 2.45) is 5.16 Å². The average molecular weight is 318 g/mol. The Morgan fingerprint density at radius 1 is 1.04 bits per heavy atom. The molecule has 1 aliphatic carbocycles. The third-order valence-corrected chi connectivity index (χ3v) is 4.72. The summed E-state index contributed by atoms with van der Waals surface area (Å²) >= 11 is 0. The molecule has 2 aromatic rings. The van der Waals surface area contributed by atoms with Gasteiger partial charge in [0.1, 0.15) is 12.8 Å². The van der Waals surface area contributed by atoms with E-state index in [0.29, 0.717) is 6.61 Å². The van der Waals surface area contributed by atoms with Gasteiger partial charge in [0.05, 0.1) is 0 Å². The Kier molecular flexibility index (Phi) is 5.84. The molecule has 2 heteroatoms. The van der Waals surface area contributed by atoms with Crippen molar-refractivity contribution in [3.63, 3.8) is 0 Å². The molecule has 0 heterocycles. The van der Waals surface area contributed by atoms with Crippen LogP contribution in [-0.2, 0) is 11.4 Å². The monoisotopic (exact) mass is 318 g/mol. The van der Waals surface area contributed by atoms with Gasteiger partial charge in [-0.3, -0.25) is 0 Å². The molecule has 1 radical (unpaired) electrons. The van der Waals surface area contributed by atoms with E-state index >= 15 is 0 Å². The van der Waals surface area contributed by atoms with Crippen LogP contribution in [0.5, 0.6) is 0 Å². The van der Waals surface area contributed by atoms with E-state index in [2.05, 4.69) is 42.2 Å². The molecule has 0 saturated heterocycles. The van der Waals surface area contributed by atoms with Crippen LogP contribution in [0.1, 0.15) is 60.3 Å². The molecule has 0 spiro atoms. The second kappa shape index (κ2) is 8.49. The Balaban J connectivity index is 1.54. The summed E-state index contributed by atoms with van der Waals surface area (Å²) in [6.45, 7) is 4.24. The van der Waals surface area contributed by atoms with Crippen molar-refractivity contribution in [3.8, 4) is 0 Å². The topological polar surface area (TPSA) is 21.6 Å². The summed E-state index contributed by atoms with van der Waals surface area (Å²) in [6, 6.07) is 16.6. The number of benzene rings is 2. The molecule has 123 valence electrons. The van der Waals surface area contributed by atoms with E-state index in [0.717, 1.165) is 22.6 Å². The minimum absolute atomic E-state index is 0.426. The second-order valence-electron chi connectivity index (χ2n) is 6.34. The molecule has 0 atom stereocenters. The Morgan fingerprint density at radius 3 is 2.54 bits per heavy atom. The first-order valence-electron chi connectivity index (χ1n) is 8.75. The van der Waals surface area contributed by atoms with Gasteiger partial charge in [-0.05, 0) is 35.4 Å². The SMILES string of the molecule is C=Cc1ccccc1CO/N=[C]\c1ccc(C2CCCCC2)cc1. The molecule has 0 amide bonds. The maximum atomic E-state index is 5.38. The third kappa shape index (κ3) is 4.35. The van der Waals surface area contributed by atoms with Gasteiger partial charge in [-0.2, -0.15) is 0 Å². The normalized spacial score (nSPS) is 15.5. The van der Waals surface area contributed by atoms with Gasteiger partial charge in [-0.15, -0.1) is 0 Å². The van der Waals surface area contributed by atoms with Crippen molar-refractivity contribution in [3.05, 3.63) is 77.4 Å².